The molecule has 0 bridgehead atoms. The van der Waals surface area contributed by atoms with Gasteiger partial charge in [-0.05, 0) is 44.0 Å². The molecule has 0 atom stereocenters. The Hall–Kier alpha value is -2.56. The molecule has 0 unspecified atom stereocenters. The Kier molecular flexibility index (Phi) is 4.77. The summed E-state index contributed by atoms with van der Waals surface area (Å²) in [6.07, 6.45) is 1.57. The van der Waals surface area contributed by atoms with Crippen molar-refractivity contribution in [3.63, 3.8) is 0 Å². The minimum atomic E-state index is -0.248. The van der Waals surface area contributed by atoms with Crippen LogP contribution in [0.5, 0.6) is 11.6 Å². The summed E-state index contributed by atoms with van der Waals surface area (Å²) in [5.74, 6) is 1.28. The highest BCUT2D eigenvalue weighted by Crippen LogP contribution is 2.25. The van der Waals surface area contributed by atoms with E-state index >= 15 is 0 Å². The molecule has 0 aliphatic heterocycles. The summed E-state index contributed by atoms with van der Waals surface area (Å²) in [5.41, 5.74) is 2.80. The van der Waals surface area contributed by atoms with Crippen LogP contribution in [0.3, 0.4) is 0 Å². The molecule has 0 saturated heterocycles. The third-order valence-corrected chi connectivity index (χ3v) is 2.89. The zero-order valence-corrected chi connectivity index (χ0v) is 12.4. The van der Waals surface area contributed by atoms with Crippen LogP contribution in [0.4, 0.5) is 10.5 Å². The fourth-order valence-corrected chi connectivity index (χ4v) is 1.78. The van der Waals surface area contributed by atoms with E-state index in [4.69, 9.17) is 4.74 Å². The largest absolute Gasteiger partial charge is 0.439 e. The molecule has 2 N–H and O–H groups in total. The topological polar surface area (TPSA) is 63.2 Å². The maximum absolute atomic E-state index is 11.4. The smallest absolute Gasteiger partial charge is 0.319 e. The minimum Gasteiger partial charge on any atom is -0.439 e. The highest BCUT2D eigenvalue weighted by atomic mass is 16.5. The van der Waals surface area contributed by atoms with E-state index in [2.05, 4.69) is 15.6 Å². The molecule has 5 heteroatoms. The van der Waals surface area contributed by atoms with Gasteiger partial charge in [-0.3, -0.25) is 0 Å². The summed E-state index contributed by atoms with van der Waals surface area (Å²) in [4.78, 5) is 15.6. The highest BCUT2D eigenvalue weighted by molar-refractivity contribution is 5.88. The Morgan fingerprint density at radius 2 is 2.05 bits per heavy atom. The van der Waals surface area contributed by atoms with Crippen LogP contribution >= 0.6 is 0 Å². The number of nitrogens with zero attached hydrogens (tertiary/aromatic N) is 1. The lowest BCUT2D eigenvalue weighted by Gasteiger charge is -2.10. The van der Waals surface area contributed by atoms with Crippen LogP contribution < -0.4 is 15.4 Å². The molecule has 110 valence electrons. The van der Waals surface area contributed by atoms with Crippen molar-refractivity contribution in [3.8, 4) is 11.6 Å². The average Bonchev–Trinajstić information content (AvgIpc) is 2.45. The summed E-state index contributed by atoms with van der Waals surface area (Å²) in [7, 11) is 0. The van der Waals surface area contributed by atoms with E-state index in [1.54, 1.807) is 18.3 Å². The van der Waals surface area contributed by atoms with Crippen LogP contribution in [0.15, 0.2) is 36.5 Å². The molecule has 1 aromatic carbocycles. The third-order valence-electron chi connectivity index (χ3n) is 2.89. The van der Waals surface area contributed by atoms with Gasteiger partial charge in [0.2, 0.25) is 5.88 Å². The first-order chi connectivity index (χ1) is 10.1. The molecular weight excluding hydrogens is 266 g/mol. The lowest BCUT2D eigenvalue weighted by Crippen LogP contribution is -2.28. The number of aromatic nitrogens is 1. The number of aryl methyl sites for hydroxylation is 2. The van der Waals surface area contributed by atoms with E-state index in [9.17, 15) is 4.79 Å². The first-order valence-corrected chi connectivity index (χ1v) is 6.84. The summed E-state index contributed by atoms with van der Waals surface area (Å²) >= 11 is 0. The predicted octanol–water partition coefficient (Wildman–Crippen LogP) is 3.63. The number of urea groups is 1. The third kappa shape index (κ3) is 4.21. The molecular formula is C16H19N3O2. The van der Waals surface area contributed by atoms with Gasteiger partial charge in [-0.15, -0.1) is 0 Å². The Balaban J connectivity index is 2.05. The number of hydrogen-bond donors (Lipinski definition) is 2. The molecule has 5 nitrogen and oxygen atoms in total. The van der Waals surface area contributed by atoms with Crippen LogP contribution in [0.2, 0.25) is 0 Å². The van der Waals surface area contributed by atoms with Gasteiger partial charge in [-0.25, -0.2) is 9.78 Å². The summed E-state index contributed by atoms with van der Waals surface area (Å²) in [6.45, 7) is 6.44. The molecule has 2 aromatic rings. The Morgan fingerprint density at radius 3 is 2.71 bits per heavy atom. The fourth-order valence-electron chi connectivity index (χ4n) is 1.78. The maximum atomic E-state index is 11.4. The molecule has 2 rings (SSSR count). The van der Waals surface area contributed by atoms with E-state index in [-0.39, 0.29) is 6.03 Å². The molecule has 2 amide bonds. The predicted molar refractivity (Wildman–Crippen MR) is 82.9 cm³/mol. The number of amides is 2. The normalized spacial score (nSPS) is 10.0. The number of carbonyl (C=O) groups excluding carboxylic acids is 1. The van der Waals surface area contributed by atoms with Gasteiger partial charge in [-0.1, -0.05) is 12.1 Å². The van der Waals surface area contributed by atoms with Gasteiger partial charge in [-0.2, -0.15) is 0 Å². The molecule has 0 aliphatic carbocycles. The van der Waals surface area contributed by atoms with Gasteiger partial charge in [0.15, 0.2) is 0 Å². The van der Waals surface area contributed by atoms with Crippen molar-refractivity contribution in [2.24, 2.45) is 0 Å². The van der Waals surface area contributed by atoms with Crippen molar-refractivity contribution < 1.29 is 9.53 Å². The van der Waals surface area contributed by atoms with Crippen LogP contribution in [0.1, 0.15) is 18.1 Å². The number of hydrogen-bond acceptors (Lipinski definition) is 3. The van der Waals surface area contributed by atoms with Gasteiger partial charge in [0, 0.05) is 12.6 Å². The lowest BCUT2D eigenvalue weighted by atomic mass is 10.1. The average molecular weight is 285 g/mol. The second-order valence-electron chi connectivity index (χ2n) is 4.74. The van der Waals surface area contributed by atoms with E-state index < -0.39 is 0 Å². The number of nitrogens with one attached hydrogen (secondary N) is 2. The van der Waals surface area contributed by atoms with Crippen LogP contribution in [-0.4, -0.2) is 17.6 Å². The molecule has 0 fully saturated rings. The number of ether oxygens (including phenoxy) is 1. The standard InChI is InChI=1S/C16H19N3O2/c1-4-17-16(20)19-13-7-8-15(18-10-13)21-14-9-11(2)5-6-12(14)3/h5-10H,4H2,1-3H3,(H2,17,19,20). The first-order valence-electron chi connectivity index (χ1n) is 6.84. The second kappa shape index (κ2) is 6.74. The Morgan fingerprint density at radius 1 is 1.24 bits per heavy atom. The second-order valence-corrected chi connectivity index (χ2v) is 4.74. The van der Waals surface area contributed by atoms with E-state index in [0.29, 0.717) is 18.1 Å². The van der Waals surface area contributed by atoms with Crippen molar-refractivity contribution in [1.82, 2.24) is 10.3 Å². The van der Waals surface area contributed by atoms with E-state index in [0.717, 1.165) is 16.9 Å². The monoisotopic (exact) mass is 285 g/mol. The Labute approximate surface area is 124 Å². The van der Waals surface area contributed by atoms with Crippen molar-refractivity contribution in [3.05, 3.63) is 47.7 Å². The molecule has 0 spiro atoms. The number of rotatable bonds is 4. The summed E-state index contributed by atoms with van der Waals surface area (Å²) in [6, 6.07) is 9.25. The zero-order valence-electron chi connectivity index (χ0n) is 12.4. The van der Waals surface area contributed by atoms with Crippen LogP contribution in [0, 0.1) is 13.8 Å². The van der Waals surface area contributed by atoms with Gasteiger partial charge < -0.3 is 15.4 Å². The summed E-state index contributed by atoms with van der Waals surface area (Å²) in [5, 5.41) is 5.34. The van der Waals surface area contributed by atoms with Gasteiger partial charge >= 0.3 is 6.03 Å². The number of anilines is 1. The molecule has 1 heterocycles. The van der Waals surface area contributed by atoms with E-state index in [1.807, 2.05) is 39.0 Å². The van der Waals surface area contributed by atoms with Crippen molar-refractivity contribution in [2.45, 2.75) is 20.8 Å². The first kappa shape index (κ1) is 14.8. The molecule has 0 radical (unpaired) electrons. The maximum Gasteiger partial charge on any atom is 0.319 e. The van der Waals surface area contributed by atoms with E-state index in [1.165, 1.54) is 0 Å². The van der Waals surface area contributed by atoms with Crippen LogP contribution in [-0.2, 0) is 0 Å². The lowest BCUT2D eigenvalue weighted by molar-refractivity contribution is 0.252. The Bertz CT molecular complexity index is 624. The van der Waals surface area contributed by atoms with Crippen molar-refractivity contribution >= 4 is 11.7 Å². The number of carbonyl (C=O) groups is 1. The zero-order chi connectivity index (χ0) is 15.2. The van der Waals surface area contributed by atoms with Crippen molar-refractivity contribution in [1.29, 1.82) is 0 Å². The molecule has 0 saturated carbocycles. The molecule has 0 aliphatic rings. The molecule has 1 aromatic heterocycles. The number of pyridine rings is 1. The van der Waals surface area contributed by atoms with Crippen LogP contribution in [0.25, 0.3) is 0 Å². The highest BCUT2D eigenvalue weighted by Gasteiger charge is 2.04. The van der Waals surface area contributed by atoms with Gasteiger partial charge in [0.05, 0.1) is 11.9 Å². The summed E-state index contributed by atoms with van der Waals surface area (Å²) < 4.78 is 5.76. The van der Waals surface area contributed by atoms with Crippen molar-refractivity contribution in [2.75, 3.05) is 11.9 Å². The fraction of sp³-hybridized carbons (Fsp3) is 0.250. The quantitative estimate of drug-likeness (QED) is 0.901. The minimum absolute atomic E-state index is 0.248. The number of benzene rings is 1. The van der Waals surface area contributed by atoms with Gasteiger partial charge in [0.1, 0.15) is 5.75 Å². The molecule has 21 heavy (non-hydrogen) atoms. The van der Waals surface area contributed by atoms with Gasteiger partial charge in [0.25, 0.3) is 0 Å². The SMILES string of the molecule is CCNC(=O)Nc1ccc(Oc2cc(C)ccc2C)nc1.